The van der Waals surface area contributed by atoms with E-state index in [0.29, 0.717) is 13.0 Å². The number of esters is 1. The molecule has 0 fully saturated rings. The van der Waals surface area contributed by atoms with E-state index in [0.717, 1.165) is 11.5 Å². The van der Waals surface area contributed by atoms with Gasteiger partial charge >= 0.3 is 5.97 Å². The lowest BCUT2D eigenvalue weighted by molar-refractivity contribution is -0.147. The number of furan rings is 1. The van der Waals surface area contributed by atoms with Crippen LogP contribution in [0.1, 0.15) is 18.4 Å². The van der Waals surface area contributed by atoms with Gasteiger partial charge in [0.25, 0.3) is 0 Å². The van der Waals surface area contributed by atoms with Gasteiger partial charge in [0.1, 0.15) is 11.5 Å². The van der Waals surface area contributed by atoms with E-state index < -0.39 is 0 Å². The SMILES string of the molecule is CCOC(=O)C(CN)Cc1ccc(C)o1. The monoisotopic (exact) mass is 211 g/mol. The molecule has 0 aliphatic carbocycles. The van der Waals surface area contributed by atoms with Gasteiger partial charge in [-0.05, 0) is 26.0 Å². The van der Waals surface area contributed by atoms with E-state index in [-0.39, 0.29) is 18.4 Å². The minimum atomic E-state index is -0.310. The molecule has 0 aliphatic rings. The Labute approximate surface area is 89.4 Å². The quantitative estimate of drug-likeness (QED) is 0.745. The van der Waals surface area contributed by atoms with Crippen LogP contribution in [-0.2, 0) is 16.0 Å². The maximum Gasteiger partial charge on any atom is 0.310 e. The molecule has 0 saturated heterocycles. The van der Waals surface area contributed by atoms with Gasteiger partial charge in [0.2, 0.25) is 0 Å². The van der Waals surface area contributed by atoms with Crippen LogP contribution in [-0.4, -0.2) is 19.1 Å². The summed E-state index contributed by atoms with van der Waals surface area (Å²) in [4.78, 5) is 11.4. The zero-order valence-electron chi connectivity index (χ0n) is 9.16. The van der Waals surface area contributed by atoms with Gasteiger partial charge < -0.3 is 14.9 Å². The van der Waals surface area contributed by atoms with Crippen molar-refractivity contribution < 1.29 is 13.9 Å². The van der Waals surface area contributed by atoms with Gasteiger partial charge in [0.15, 0.2) is 0 Å². The molecule has 1 aromatic rings. The predicted octanol–water partition coefficient (Wildman–Crippen LogP) is 1.27. The third-order valence-electron chi connectivity index (χ3n) is 2.15. The normalized spacial score (nSPS) is 12.5. The number of ether oxygens (including phenoxy) is 1. The number of carbonyl (C=O) groups is 1. The molecule has 84 valence electrons. The van der Waals surface area contributed by atoms with Crippen molar-refractivity contribution in [2.75, 3.05) is 13.2 Å². The molecule has 1 rings (SSSR count). The summed E-state index contributed by atoms with van der Waals surface area (Å²) in [5.41, 5.74) is 5.52. The topological polar surface area (TPSA) is 65.5 Å². The third-order valence-corrected chi connectivity index (χ3v) is 2.15. The average Bonchev–Trinajstić information content (AvgIpc) is 2.61. The molecule has 4 heteroatoms. The molecule has 0 saturated carbocycles. The highest BCUT2D eigenvalue weighted by Crippen LogP contribution is 2.12. The van der Waals surface area contributed by atoms with E-state index in [1.165, 1.54) is 0 Å². The first-order chi connectivity index (χ1) is 7.17. The molecule has 15 heavy (non-hydrogen) atoms. The Kier molecular flexibility index (Phi) is 4.37. The summed E-state index contributed by atoms with van der Waals surface area (Å²) >= 11 is 0. The summed E-state index contributed by atoms with van der Waals surface area (Å²) in [6, 6.07) is 3.73. The van der Waals surface area contributed by atoms with Gasteiger partial charge in [-0.25, -0.2) is 0 Å². The van der Waals surface area contributed by atoms with E-state index in [4.69, 9.17) is 14.9 Å². The van der Waals surface area contributed by atoms with Crippen LogP contribution in [0.15, 0.2) is 16.5 Å². The molecule has 0 aromatic carbocycles. The van der Waals surface area contributed by atoms with Crippen molar-refractivity contribution >= 4 is 5.97 Å². The van der Waals surface area contributed by atoms with E-state index in [1.807, 2.05) is 19.1 Å². The molecule has 1 heterocycles. The fourth-order valence-electron chi connectivity index (χ4n) is 1.36. The fraction of sp³-hybridized carbons (Fsp3) is 0.545. The average molecular weight is 211 g/mol. The number of hydrogen-bond acceptors (Lipinski definition) is 4. The molecule has 1 aromatic heterocycles. The van der Waals surface area contributed by atoms with Gasteiger partial charge in [-0.1, -0.05) is 0 Å². The van der Waals surface area contributed by atoms with Gasteiger partial charge in [0, 0.05) is 13.0 Å². The van der Waals surface area contributed by atoms with Crippen LogP contribution in [0.4, 0.5) is 0 Å². The van der Waals surface area contributed by atoms with Crippen molar-refractivity contribution in [2.24, 2.45) is 11.7 Å². The Morgan fingerprint density at radius 3 is 2.80 bits per heavy atom. The van der Waals surface area contributed by atoms with Crippen LogP contribution in [0.25, 0.3) is 0 Å². The highest BCUT2D eigenvalue weighted by molar-refractivity contribution is 5.72. The van der Waals surface area contributed by atoms with Gasteiger partial charge in [-0.2, -0.15) is 0 Å². The van der Waals surface area contributed by atoms with Gasteiger partial charge in [0.05, 0.1) is 12.5 Å². The maximum atomic E-state index is 11.4. The van der Waals surface area contributed by atoms with Crippen LogP contribution < -0.4 is 5.73 Å². The van der Waals surface area contributed by atoms with Crippen molar-refractivity contribution in [1.29, 1.82) is 0 Å². The minimum absolute atomic E-state index is 0.256. The van der Waals surface area contributed by atoms with E-state index in [9.17, 15) is 4.79 Å². The van der Waals surface area contributed by atoms with Crippen LogP contribution in [0.2, 0.25) is 0 Å². The van der Waals surface area contributed by atoms with E-state index in [2.05, 4.69) is 0 Å². The highest BCUT2D eigenvalue weighted by atomic mass is 16.5. The molecule has 4 nitrogen and oxygen atoms in total. The summed E-state index contributed by atoms with van der Waals surface area (Å²) in [6.45, 7) is 4.30. The molecular weight excluding hydrogens is 194 g/mol. The zero-order valence-corrected chi connectivity index (χ0v) is 9.16. The minimum Gasteiger partial charge on any atom is -0.466 e. The second-order valence-corrected chi connectivity index (χ2v) is 3.40. The first-order valence-corrected chi connectivity index (χ1v) is 5.09. The highest BCUT2D eigenvalue weighted by Gasteiger charge is 2.19. The Balaban J connectivity index is 2.57. The Bertz CT molecular complexity index is 319. The largest absolute Gasteiger partial charge is 0.466 e. The van der Waals surface area contributed by atoms with Gasteiger partial charge in [-0.3, -0.25) is 4.79 Å². The lowest BCUT2D eigenvalue weighted by Crippen LogP contribution is -2.27. The second kappa shape index (κ2) is 5.56. The molecule has 0 bridgehead atoms. The van der Waals surface area contributed by atoms with Crippen LogP contribution in [0, 0.1) is 12.8 Å². The predicted molar refractivity (Wildman–Crippen MR) is 56.3 cm³/mol. The van der Waals surface area contributed by atoms with Gasteiger partial charge in [-0.15, -0.1) is 0 Å². The molecule has 0 radical (unpaired) electrons. The summed E-state index contributed by atoms with van der Waals surface area (Å²) in [7, 11) is 0. The smallest absolute Gasteiger partial charge is 0.310 e. The standard InChI is InChI=1S/C11H17NO3/c1-3-14-11(13)9(7-12)6-10-5-4-8(2)15-10/h4-5,9H,3,6-7,12H2,1-2H3. The zero-order chi connectivity index (χ0) is 11.3. The molecule has 0 aliphatic heterocycles. The Morgan fingerprint density at radius 2 is 2.33 bits per heavy atom. The first kappa shape index (κ1) is 11.8. The maximum absolute atomic E-state index is 11.4. The molecule has 1 unspecified atom stereocenters. The van der Waals surface area contributed by atoms with E-state index in [1.54, 1.807) is 6.92 Å². The van der Waals surface area contributed by atoms with Crippen molar-refractivity contribution in [2.45, 2.75) is 20.3 Å². The second-order valence-electron chi connectivity index (χ2n) is 3.40. The first-order valence-electron chi connectivity index (χ1n) is 5.09. The summed E-state index contributed by atoms with van der Waals surface area (Å²) in [6.07, 6.45) is 0.503. The Hall–Kier alpha value is -1.29. The van der Waals surface area contributed by atoms with Crippen molar-refractivity contribution in [1.82, 2.24) is 0 Å². The summed E-state index contributed by atoms with van der Waals surface area (Å²) < 4.78 is 10.3. The lowest BCUT2D eigenvalue weighted by Gasteiger charge is -2.11. The van der Waals surface area contributed by atoms with Crippen LogP contribution in [0.5, 0.6) is 0 Å². The summed E-state index contributed by atoms with van der Waals surface area (Å²) in [5, 5.41) is 0. The van der Waals surface area contributed by atoms with Crippen molar-refractivity contribution in [3.63, 3.8) is 0 Å². The number of hydrogen-bond donors (Lipinski definition) is 1. The van der Waals surface area contributed by atoms with Crippen LogP contribution >= 0.6 is 0 Å². The molecule has 1 atom stereocenters. The molecule has 0 amide bonds. The van der Waals surface area contributed by atoms with E-state index >= 15 is 0 Å². The molecular formula is C11H17NO3. The fourth-order valence-corrected chi connectivity index (χ4v) is 1.36. The Morgan fingerprint density at radius 1 is 1.60 bits per heavy atom. The molecule has 2 N–H and O–H groups in total. The number of aryl methyl sites for hydroxylation is 1. The molecule has 0 spiro atoms. The summed E-state index contributed by atoms with van der Waals surface area (Å²) in [5.74, 6) is 1.05. The number of rotatable bonds is 5. The van der Waals surface area contributed by atoms with Crippen LogP contribution in [0.3, 0.4) is 0 Å². The number of nitrogens with two attached hydrogens (primary N) is 1. The lowest BCUT2D eigenvalue weighted by atomic mass is 10.0. The van der Waals surface area contributed by atoms with Crippen molar-refractivity contribution in [3.05, 3.63) is 23.7 Å². The number of carbonyl (C=O) groups excluding carboxylic acids is 1. The van der Waals surface area contributed by atoms with Crippen molar-refractivity contribution in [3.8, 4) is 0 Å². The third kappa shape index (κ3) is 3.40.